The smallest absolute Gasteiger partial charge is 0.0939 e. The van der Waals surface area contributed by atoms with E-state index in [1.54, 1.807) is 0 Å². The zero-order valence-electron chi connectivity index (χ0n) is 11.8. The number of aromatic nitrogens is 2. The summed E-state index contributed by atoms with van der Waals surface area (Å²) in [6.45, 7) is 5.53. The minimum Gasteiger partial charge on any atom is -0.313 e. The molecule has 4 heteroatoms. The van der Waals surface area contributed by atoms with E-state index < -0.39 is 0 Å². The van der Waals surface area contributed by atoms with Crippen molar-refractivity contribution in [3.05, 3.63) is 11.8 Å². The van der Waals surface area contributed by atoms with E-state index in [-0.39, 0.29) is 0 Å². The summed E-state index contributed by atoms with van der Waals surface area (Å²) in [7, 11) is 2.02. The van der Waals surface area contributed by atoms with Crippen LogP contribution in [0.1, 0.15) is 38.3 Å². The van der Waals surface area contributed by atoms with Gasteiger partial charge in [0.2, 0.25) is 0 Å². The Bertz CT molecular complexity index is 375. The van der Waals surface area contributed by atoms with Crippen LogP contribution in [0.2, 0.25) is 0 Å². The summed E-state index contributed by atoms with van der Waals surface area (Å²) in [5.41, 5.74) is 1.11. The van der Waals surface area contributed by atoms with Gasteiger partial charge >= 0.3 is 0 Å². The lowest BCUT2D eigenvalue weighted by atomic mass is 9.86. The van der Waals surface area contributed by atoms with Crippen molar-refractivity contribution < 1.29 is 0 Å². The Morgan fingerprint density at radius 3 is 2.89 bits per heavy atom. The second-order valence-corrected chi connectivity index (χ2v) is 6.53. The summed E-state index contributed by atoms with van der Waals surface area (Å²) in [6.07, 6.45) is 5.57. The summed E-state index contributed by atoms with van der Waals surface area (Å²) in [6, 6.07) is 2.90. The molecule has 102 valence electrons. The predicted molar refractivity (Wildman–Crippen MR) is 78.1 cm³/mol. The molecule has 2 rings (SSSR count). The van der Waals surface area contributed by atoms with Crippen LogP contribution in [0.25, 0.3) is 0 Å². The molecule has 1 aliphatic carbocycles. The fourth-order valence-corrected chi connectivity index (χ4v) is 3.65. The van der Waals surface area contributed by atoms with Crippen LogP contribution in [0.4, 0.5) is 0 Å². The highest BCUT2D eigenvalue weighted by Gasteiger charge is 2.20. The molecule has 0 bridgehead atoms. The molecule has 0 aromatic carbocycles. The Morgan fingerprint density at radius 2 is 2.22 bits per heavy atom. The number of thioether (sulfide) groups is 1. The Balaban J connectivity index is 1.68. The maximum absolute atomic E-state index is 4.37. The SMILES string of the molecule is Cc1cc(SCCNC2CCCCC2C)n(C)n1. The maximum atomic E-state index is 4.37. The molecule has 18 heavy (non-hydrogen) atoms. The molecular weight excluding hydrogens is 242 g/mol. The summed E-state index contributed by atoms with van der Waals surface area (Å²) in [4.78, 5) is 0. The van der Waals surface area contributed by atoms with Gasteiger partial charge in [0.1, 0.15) is 0 Å². The highest BCUT2D eigenvalue weighted by Crippen LogP contribution is 2.24. The van der Waals surface area contributed by atoms with Gasteiger partial charge in [-0.15, -0.1) is 11.8 Å². The van der Waals surface area contributed by atoms with Gasteiger partial charge < -0.3 is 5.32 Å². The van der Waals surface area contributed by atoms with Crippen molar-refractivity contribution in [2.24, 2.45) is 13.0 Å². The highest BCUT2D eigenvalue weighted by molar-refractivity contribution is 7.99. The molecule has 1 saturated carbocycles. The van der Waals surface area contributed by atoms with Crippen molar-refractivity contribution in [2.75, 3.05) is 12.3 Å². The lowest BCUT2D eigenvalue weighted by Gasteiger charge is -2.29. The maximum Gasteiger partial charge on any atom is 0.0939 e. The van der Waals surface area contributed by atoms with Crippen molar-refractivity contribution >= 4 is 11.8 Å². The van der Waals surface area contributed by atoms with E-state index in [0.29, 0.717) is 0 Å². The lowest BCUT2D eigenvalue weighted by molar-refractivity contribution is 0.285. The first kappa shape index (κ1) is 13.9. The Labute approximate surface area is 115 Å². The largest absolute Gasteiger partial charge is 0.313 e. The molecular formula is C14H25N3S. The minimum absolute atomic E-state index is 0.743. The van der Waals surface area contributed by atoms with Crippen molar-refractivity contribution in [1.82, 2.24) is 15.1 Å². The standard InChI is InChI=1S/C14H25N3S/c1-11-6-4-5-7-13(11)15-8-9-18-14-10-12(2)16-17(14)3/h10-11,13,15H,4-9H2,1-3H3. The third-order valence-electron chi connectivity index (χ3n) is 3.83. The van der Waals surface area contributed by atoms with E-state index in [2.05, 4.69) is 23.4 Å². The van der Waals surface area contributed by atoms with Crippen molar-refractivity contribution in [1.29, 1.82) is 0 Å². The van der Waals surface area contributed by atoms with Crippen LogP contribution in [0.5, 0.6) is 0 Å². The Hall–Kier alpha value is -0.480. The quantitative estimate of drug-likeness (QED) is 0.657. The van der Waals surface area contributed by atoms with E-state index in [1.165, 1.54) is 30.7 Å². The van der Waals surface area contributed by atoms with Gasteiger partial charge in [0.15, 0.2) is 0 Å². The van der Waals surface area contributed by atoms with Crippen molar-refractivity contribution in [3.63, 3.8) is 0 Å². The van der Waals surface area contributed by atoms with Crippen LogP contribution in [0, 0.1) is 12.8 Å². The normalized spacial score (nSPS) is 24.4. The summed E-state index contributed by atoms with van der Waals surface area (Å²) >= 11 is 1.90. The molecule has 0 radical (unpaired) electrons. The predicted octanol–water partition coefficient (Wildman–Crippen LogP) is 2.99. The molecule has 0 saturated heterocycles. The van der Waals surface area contributed by atoms with Crippen molar-refractivity contribution in [2.45, 2.75) is 50.6 Å². The van der Waals surface area contributed by atoms with Crippen molar-refractivity contribution in [3.8, 4) is 0 Å². The first-order valence-corrected chi connectivity index (χ1v) is 8.02. The van der Waals surface area contributed by atoms with Crippen LogP contribution in [0.3, 0.4) is 0 Å². The highest BCUT2D eigenvalue weighted by atomic mass is 32.2. The molecule has 1 fully saturated rings. The first-order chi connectivity index (χ1) is 8.66. The average molecular weight is 267 g/mol. The van der Waals surface area contributed by atoms with Gasteiger partial charge in [-0.3, -0.25) is 4.68 Å². The second kappa shape index (κ2) is 6.62. The lowest BCUT2D eigenvalue weighted by Crippen LogP contribution is -2.38. The number of aryl methyl sites for hydroxylation is 2. The number of nitrogens with one attached hydrogen (secondary N) is 1. The topological polar surface area (TPSA) is 29.9 Å². The zero-order valence-corrected chi connectivity index (χ0v) is 12.6. The van der Waals surface area contributed by atoms with Gasteiger partial charge in [-0.05, 0) is 31.7 Å². The molecule has 1 N–H and O–H groups in total. The minimum atomic E-state index is 0.743. The molecule has 1 aromatic heterocycles. The van der Waals surface area contributed by atoms with Gasteiger partial charge in [0.05, 0.1) is 10.7 Å². The van der Waals surface area contributed by atoms with E-state index in [9.17, 15) is 0 Å². The van der Waals surface area contributed by atoms with Gasteiger partial charge in [-0.25, -0.2) is 0 Å². The molecule has 2 unspecified atom stereocenters. The Kier molecular flexibility index (Phi) is 5.13. The monoisotopic (exact) mass is 267 g/mol. The molecule has 0 spiro atoms. The Morgan fingerprint density at radius 1 is 1.44 bits per heavy atom. The number of rotatable bonds is 5. The van der Waals surface area contributed by atoms with Gasteiger partial charge in [-0.1, -0.05) is 19.8 Å². The van der Waals surface area contributed by atoms with Gasteiger partial charge in [0.25, 0.3) is 0 Å². The third-order valence-corrected chi connectivity index (χ3v) is 4.92. The third kappa shape index (κ3) is 3.75. The first-order valence-electron chi connectivity index (χ1n) is 7.03. The van der Waals surface area contributed by atoms with Crippen LogP contribution < -0.4 is 5.32 Å². The molecule has 0 amide bonds. The van der Waals surface area contributed by atoms with E-state index in [1.807, 2.05) is 30.4 Å². The fourth-order valence-electron chi connectivity index (χ4n) is 2.74. The number of hydrogen-bond donors (Lipinski definition) is 1. The molecule has 0 aliphatic heterocycles. The average Bonchev–Trinajstić information content (AvgIpc) is 2.65. The number of hydrogen-bond acceptors (Lipinski definition) is 3. The van der Waals surface area contributed by atoms with Crippen LogP contribution in [-0.2, 0) is 7.05 Å². The summed E-state index contributed by atoms with van der Waals surface area (Å²) < 4.78 is 1.98. The van der Waals surface area contributed by atoms with Crippen LogP contribution >= 0.6 is 11.8 Å². The molecule has 2 atom stereocenters. The van der Waals surface area contributed by atoms with Gasteiger partial charge in [-0.2, -0.15) is 5.10 Å². The van der Waals surface area contributed by atoms with E-state index in [0.717, 1.165) is 30.0 Å². The zero-order chi connectivity index (χ0) is 13.0. The summed E-state index contributed by atoms with van der Waals surface area (Å²) in [5, 5.41) is 9.35. The molecule has 1 aromatic rings. The van der Waals surface area contributed by atoms with E-state index in [4.69, 9.17) is 0 Å². The second-order valence-electron chi connectivity index (χ2n) is 5.42. The number of nitrogens with zero attached hydrogens (tertiary/aromatic N) is 2. The van der Waals surface area contributed by atoms with Crippen LogP contribution in [0.15, 0.2) is 11.1 Å². The fraction of sp³-hybridized carbons (Fsp3) is 0.786. The molecule has 3 nitrogen and oxygen atoms in total. The van der Waals surface area contributed by atoms with Gasteiger partial charge in [0, 0.05) is 25.4 Å². The van der Waals surface area contributed by atoms with E-state index >= 15 is 0 Å². The van der Waals surface area contributed by atoms with Crippen LogP contribution in [-0.4, -0.2) is 28.1 Å². The molecule has 1 aliphatic rings. The molecule has 1 heterocycles. The summed E-state index contributed by atoms with van der Waals surface area (Å²) in [5.74, 6) is 1.98.